The van der Waals surface area contributed by atoms with Crippen molar-refractivity contribution in [1.82, 2.24) is 14.6 Å². The summed E-state index contributed by atoms with van der Waals surface area (Å²) in [4.78, 5) is 52.3. The Bertz CT molecular complexity index is 2030. The number of aliphatic hydroxyl groups is 1. The van der Waals surface area contributed by atoms with Crippen LogP contribution in [0.4, 0.5) is 0 Å². The summed E-state index contributed by atoms with van der Waals surface area (Å²) in [6.45, 7) is 1.74. The molecule has 0 radical (unpaired) electrons. The van der Waals surface area contributed by atoms with Crippen LogP contribution in [0.3, 0.4) is 0 Å². The summed E-state index contributed by atoms with van der Waals surface area (Å²) in [5, 5.41) is 15.3. The summed E-state index contributed by atoms with van der Waals surface area (Å²) < 4.78 is 44.0. The molecule has 2 heterocycles. The Morgan fingerprint density at radius 1 is 1.08 bits per heavy atom. The molecule has 276 valence electrons. The fraction of sp³-hybridized carbons (Fsp3) is 0.351. The van der Waals surface area contributed by atoms with Crippen LogP contribution in [0.2, 0.25) is 0 Å². The Hall–Kier alpha value is -4.85. The number of hydrogen-bond donors (Lipinski definition) is 3. The molecule has 3 N–H and O–H groups in total. The van der Waals surface area contributed by atoms with E-state index in [0.717, 1.165) is 34.4 Å². The summed E-state index contributed by atoms with van der Waals surface area (Å²) in [7, 11) is -3.28. The maximum absolute atomic E-state index is 14.8. The number of aromatic nitrogens is 2. The Morgan fingerprint density at radius 3 is 2.60 bits per heavy atom. The van der Waals surface area contributed by atoms with E-state index in [4.69, 9.17) is 18.5 Å². The number of unbranched alkanes of at least 4 members (excludes halogenated alkanes) is 2. The number of H-pyrrole nitrogens is 1. The molecule has 14 nitrogen and oxygen atoms in total. The molecule has 3 aromatic carbocycles. The molecule has 4 aromatic rings. The minimum Gasteiger partial charge on any atom is -0.466 e. The number of methoxy groups -OCH3 is 1. The molecule has 1 aliphatic heterocycles. The lowest BCUT2D eigenvalue weighted by atomic mass is 10.1. The molecule has 1 aliphatic rings. The number of aliphatic hydroxyl groups excluding tert-OH is 1. The lowest BCUT2D eigenvalue weighted by molar-refractivity contribution is -0.146. The van der Waals surface area contributed by atoms with E-state index in [1.54, 1.807) is 24.3 Å². The van der Waals surface area contributed by atoms with Gasteiger partial charge in [0.05, 0.1) is 32.0 Å². The van der Waals surface area contributed by atoms with Crippen molar-refractivity contribution in [1.29, 1.82) is 0 Å². The molecule has 0 spiro atoms. The number of rotatable bonds is 17. The molecular weight excluding hydrogens is 693 g/mol. The van der Waals surface area contributed by atoms with Gasteiger partial charge in [-0.3, -0.25) is 23.7 Å². The normalized spacial score (nSPS) is 18.9. The minimum atomic E-state index is -4.46. The number of aromatic amines is 1. The third kappa shape index (κ3) is 10.1. The monoisotopic (exact) mass is 735 g/mol. The van der Waals surface area contributed by atoms with Crippen molar-refractivity contribution in [2.45, 2.75) is 63.5 Å². The first-order chi connectivity index (χ1) is 25.1. The molecule has 1 fully saturated rings. The van der Waals surface area contributed by atoms with Gasteiger partial charge in [-0.2, -0.15) is 5.09 Å². The van der Waals surface area contributed by atoms with Gasteiger partial charge in [0.1, 0.15) is 24.1 Å². The predicted molar refractivity (Wildman–Crippen MR) is 193 cm³/mol. The van der Waals surface area contributed by atoms with Crippen LogP contribution in [0.25, 0.3) is 16.8 Å². The summed E-state index contributed by atoms with van der Waals surface area (Å²) in [5.41, 5.74) is -0.823. The molecule has 5 rings (SSSR count). The van der Waals surface area contributed by atoms with Gasteiger partial charge in [0, 0.05) is 24.1 Å². The van der Waals surface area contributed by atoms with E-state index in [1.807, 2.05) is 55.5 Å². The molecule has 1 saturated heterocycles. The SMILES string of the molecule is CCCCCOC(=O)[C@H](Cc1ccccc1)NP(=O)(OC[C@H]1O[C@@H](n2cc(/C=C/C(=O)OC)c(=O)[nH]c2=O)C[C@@H]1O)Oc1cccc2ccccc12. The lowest BCUT2D eigenvalue weighted by Crippen LogP contribution is -2.40. The molecule has 0 amide bonds. The largest absolute Gasteiger partial charge is 0.466 e. The number of carbonyl (C=O) groups excluding carboxylic acids is 2. The van der Waals surface area contributed by atoms with Crippen LogP contribution < -0.4 is 20.9 Å². The van der Waals surface area contributed by atoms with Crippen LogP contribution in [-0.4, -0.2) is 65.2 Å². The Labute approximate surface area is 299 Å². The second kappa shape index (κ2) is 18.1. The maximum atomic E-state index is 14.8. The molecule has 5 atom stereocenters. The summed E-state index contributed by atoms with van der Waals surface area (Å²) >= 11 is 0. The average molecular weight is 736 g/mol. The van der Waals surface area contributed by atoms with E-state index in [9.17, 15) is 28.8 Å². The highest BCUT2D eigenvalue weighted by molar-refractivity contribution is 7.52. The predicted octanol–water partition coefficient (Wildman–Crippen LogP) is 4.66. The van der Waals surface area contributed by atoms with Gasteiger partial charge in [0.15, 0.2) is 0 Å². The number of fused-ring (bicyclic) bond motifs is 1. The highest BCUT2D eigenvalue weighted by Crippen LogP contribution is 2.48. The van der Waals surface area contributed by atoms with E-state index < -0.39 is 62.0 Å². The highest BCUT2D eigenvalue weighted by atomic mass is 31.2. The number of esters is 2. The average Bonchev–Trinajstić information content (AvgIpc) is 3.52. The number of carbonyl (C=O) groups is 2. The van der Waals surface area contributed by atoms with Crippen molar-refractivity contribution in [3.8, 4) is 5.75 Å². The van der Waals surface area contributed by atoms with Crippen LogP contribution in [-0.2, 0) is 39.3 Å². The van der Waals surface area contributed by atoms with E-state index >= 15 is 0 Å². The van der Waals surface area contributed by atoms with E-state index in [1.165, 1.54) is 19.4 Å². The van der Waals surface area contributed by atoms with Gasteiger partial charge in [-0.25, -0.2) is 14.2 Å². The number of hydrogen-bond acceptors (Lipinski definition) is 11. The van der Waals surface area contributed by atoms with Gasteiger partial charge in [0.25, 0.3) is 5.56 Å². The number of nitrogens with one attached hydrogen (secondary N) is 2. The molecular formula is C37H42N3O11P. The van der Waals surface area contributed by atoms with Gasteiger partial charge < -0.3 is 23.8 Å². The van der Waals surface area contributed by atoms with Crippen molar-refractivity contribution < 1.29 is 42.5 Å². The zero-order chi connectivity index (χ0) is 37.1. The topological polar surface area (TPSA) is 184 Å². The van der Waals surface area contributed by atoms with Gasteiger partial charge in [-0.05, 0) is 35.9 Å². The first-order valence-corrected chi connectivity index (χ1v) is 18.5. The van der Waals surface area contributed by atoms with Crippen LogP contribution >= 0.6 is 7.75 Å². The maximum Gasteiger partial charge on any atom is 0.459 e. The van der Waals surface area contributed by atoms with Crippen molar-refractivity contribution in [2.75, 3.05) is 20.3 Å². The zero-order valence-electron chi connectivity index (χ0n) is 28.8. The third-order valence-corrected chi connectivity index (χ3v) is 9.91. The second-order valence-corrected chi connectivity index (χ2v) is 13.8. The van der Waals surface area contributed by atoms with Gasteiger partial charge in [-0.1, -0.05) is 86.5 Å². The van der Waals surface area contributed by atoms with E-state index in [2.05, 4.69) is 14.8 Å². The summed E-state index contributed by atoms with van der Waals surface area (Å²) in [6, 6.07) is 20.5. The third-order valence-electron chi connectivity index (χ3n) is 8.36. The van der Waals surface area contributed by atoms with Gasteiger partial charge in [0.2, 0.25) is 0 Å². The first kappa shape index (κ1) is 38.4. The quantitative estimate of drug-likeness (QED) is 0.0591. The van der Waals surface area contributed by atoms with Crippen LogP contribution in [0.15, 0.2) is 94.7 Å². The molecule has 0 aliphatic carbocycles. The molecule has 15 heteroatoms. The van der Waals surface area contributed by atoms with Crippen LogP contribution in [0, 0.1) is 0 Å². The molecule has 52 heavy (non-hydrogen) atoms. The zero-order valence-corrected chi connectivity index (χ0v) is 29.7. The smallest absolute Gasteiger partial charge is 0.459 e. The minimum absolute atomic E-state index is 0.0361. The number of ether oxygens (including phenoxy) is 3. The van der Waals surface area contributed by atoms with E-state index in [-0.39, 0.29) is 30.8 Å². The second-order valence-electron chi connectivity index (χ2n) is 12.1. The Kier molecular flexibility index (Phi) is 13.3. The van der Waals surface area contributed by atoms with Crippen LogP contribution in [0.1, 0.15) is 50.0 Å². The van der Waals surface area contributed by atoms with E-state index in [0.29, 0.717) is 11.8 Å². The van der Waals surface area contributed by atoms with Crippen molar-refractivity contribution >= 4 is 36.5 Å². The molecule has 1 aromatic heterocycles. The fourth-order valence-corrected chi connectivity index (χ4v) is 7.13. The molecule has 1 unspecified atom stereocenters. The van der Waals surface area contributed by atoms with Crippen LogP contribution in [0.5, 0.6) is 5.75 Å². The first-order valence-electron chi connectivity index (χ1n) is 16.9. The number of nitrogens with zero attached hydrogens (tertiary/aromatic N) is 1. The Morgan fingerprint density at radius 2 is 1.83 bits per heavy atom. The summed E-state index contributed by atoms with van der Waals surface area (Å²) in [5.74, 6) is -1.12. The van der Waals surface area contributed by atoms with Gasteiger partial charge >= 0.3 is 25.4 Å². The Balaban J connectivity index is 1.40. The lowest BCUT2D eigenvalue weighted by Gasteiger charge is -2.26. The highest BCUT2D eigenvalue weighted by Gasteiger charge is 2.40. The number of benzene rings is 3. The van der Waals surface area contributed by atoms with Crippen molar-refractivity contribution in [2.24, 2.45) is 0 Å². The van der Waals surface area contributed by atoms with Crippen molar-refractivity contribution in [3.05, 3.63) is 117 Å². The standard InChI is InChI=1S/C37H42N3O11P/c1-3-4-10-20-48-36(44)29(21-25-12-6-5-7-13-25)39-52(46,51-31-17-11-15-26-14-8-9-16-28(26)31)49-24-32-30(41)22-33(50-32)40-23-27(18-19-34(42)47-2)35(43)38-37(40)45/h5-9,11-19,23,29-30,32-33,41H,3-4,10,20-22,24H2,1-2H3,(H,39,46)(H,38,43,45)/b19-18+/t29-,30-,32+,33+,52?/m0/s1. The molecule has 0 bridgehead atoms. The van der Waals surface area contributed by atoms with Crippen molar-refractivity contribution in [3.63, 3.8) is 0 Å². The molecule has 0 saturated carbocycles. The summed E-state index contributed by atoms with van der Waals surface area (Å²) in [6.07, 6.45) is 2.50. The fourth-order valence-electron chi connectivity index (χ4n) is 5.61. The van der Waals surface area contributed by atoms with Gasteiger partial charge in [-0.15, -0.1) is 0 Å².